The smallest absolute Gasteiger partial charge is 0.225 e. The van der Waals surface area contributed by atoms with Crippen LogP contribution in [0.25, 0.3) is 0 Å². The first-order valence-electron chi connectivity index (χ1n) is 12.2. The van der Waals surface area contributed by atoms with E-state index in [9.17, 15) is 9.59 Å². The Kier molecular flexibility index (Phi) is 8.64. The lowest BCUT2D eigenvalue weighted by molar-refractivity contribution is -0.129. The molecular formula is C25H37N3O6. The molecule has 0 aromatic heterocycles. The number of hydrogen-bond acceptors (Lipinski definition) is 7. The maximum atomic E-state index is 13.0. The van der Waals surface area contributed by atoms with Gasteiger partial charge in [0.25, 0.3) is 0 Å². The van der Waals surface area contributed by atoms with Gasteiger partial charge in [-0.25, -0.2) is 0 Å². The molecule has 3 unspecified atom stereocenters. The maximum Gasteiger partial charge on any atom is 0.225 e. The second-order valence-electron chi connectivity index (χ2n) is 9.26. The highest BCUT2D eigenvalue weighted by atomic mass is 16.5. The number of methoxy groups -OCH3 is 2. The SMILES string of the molecule is COc1ccc(CCN2CC(C(=O)NCC(C3CCOC3)N3CCOCC3)CC2=O)cc1OC. The number of rotatable bonds is 10. The summed E-state index contributed by atoms with van der Waals surface area (Å²) in [5.41, 5.74) is 1.06. The Balaban J connectivity index is 1.28. The lowest BCUT2D eigenvalue weighted by Gasteiger charge is -2.37. The van der Waals surface area contributed by atoms with Gasteiger partial charge in [-0.15, -0.1) is 0 Å². The summed E-state index contributed by atoms with van der Waals surface area (Å²) in [4.78, 5) is 29.8. The molecule has 2 amide bonds. The van der Waals surface area contributed by atoms with Crippen molar-refractivity contribution >= 4 is 11.8 Å². The third-order valence-corrected chi connectivity index (χ3v) is 7.21. The molecule has 0 bridgehead atoms. The average molecular weight is 476 g/mol. The van der Waals surface area contributed by atoms with Crippen molar-refractivity contribution < 1.29 is 28.5 Å². The summed E-state index contributed by atoms with van der Waals surface area (Å²) in [7, 11) is 3.22. The van der Waals surface area contributed by atoms with Gasteiger partial charge < -0.3 is 29.2 Å². The molecule has 3 saturated heterocycles. The number of likely N-dealkylation sites (tertiary alicyclic amines) is 1. The van der Waals surface area contributed by atoms with Gasteiger partial charge in [0, 0.05) is 57.7 Å². The summed E-state index contributed by atoms with van der Waals surface area (Å²) in [6.45, 7) is 6.36. The third-order valence-electron chi connectivity index (χ3n) is 7.21. The zero-order chi connectivity index (χ0) is 23.9. The van der Waals surface area contributed by atoms with E-state index in [1.807, 2.05) is 18.2 Å². The molecule has 3 fully saturated rings. The number of hydrogen-bond donors (Lipinski definition) is 1. The van der Waals surface area contributed by atoms with Crippen LogP contribution in [0.5, 0.6) is 11.5 Å². The first-order chi connectivity index (χ1) is 16.6. The molecule has 3 atom stereocenters. The van der Waals surface area contributed by atoms with Crippen LogP contribution in [0.15, 0.2) is 18.2 Å². The summed E-state index contributed by atoms with van der Waals surface area (Å²) < 4.78 is 21.8. The predicted molar refractivity (Wildman–Crippen MR) is 126 cm³/mol. The Hall–Kier alpha value is -2.36. The highest BCUT2D eigenvalue weighted by Gasteiger charge is 2.36. The van der Waals surface area contributed by atoms with Crippen molar-refractivity contribution in [3.63, 3.8) is 0 Å². The van der Waals surface area contributed by atoms with E-state index in [0.29, 0.717) is 43.5 Å². The molecule has 0 spiro atoms. The van der Waals surface area contributed by atoms with Crippen LogP contribution >= 0.6 is 0 Å². The highest BCUT2D eigenvalue weighted by molar-refractivity contribution is 5.89. The van der Waals surface area contributed by atoms with E-state index in [1.165, 1.54) is 0 Å². The fraction of sp³-hybridized carbons (Fsp3) is 0.680. The molecular weight excluding hydrogens is 438 g/mol. The highest BCUT2D eigenvalue weighted by Crippen LogP contribution is 2.28. The van der Waals surface area contributed by atoms with Crippen LogP contribution in [0, 0.1) is 11.8 Å². The molecule has 1 N–H and O–H groups in total. The minimum absolute atomic E-state index is 0.0286. The topological polar surface area (TPSA) is 89.6 Å². The average Bonchev–Trinajstić information content (AvgIpc) is 3.53. The van der Waals surface area contributed by atoms with Crippen molar-refractivity contribution in [2.24, 2.45) is 11.8 Å². The molecule has 9 heteroatoms. The Morgan fingerprint density at radius 1 is 1.15 bits per heavy atom. The fourth-order valence-corrected chi connectivity index (χ4v) is 5.17. The van der Waals surface area contributed by atoms with E-state index in [4.69, 9.17) is 18.9 Å². The van der Waals surface area contributed by atoms with Crippen molar-refractivity contribution in [3.05, 3.63) is 23.8 Å². The second-order valence-corrected chi connectivity index (χ2v) is 9.26. The molecule has 4 rings (SSSR count). The van der Waals surface area contributed by atoms with Crippen molar-refractivity contribution in [1.29, 1.82) is 0 Å². The van der Waals surface area contributed by atoms with Gasteiger partial charge in [-0.05, 0) is 30.5 Å². The van der Waals surface area contributed by atoms with E-state index in [0.717, 1.165) is 51.5 Å². The van der Waals surface area contributed by atoms with E-state index in [-0.39, 0.29) is 30.2 Å². The minimum Gasteiger partial charge on any atom is -0.493 e. The van der Waals surface area contributed by atoms with Crippen molar-refractivity contribution in [2.75, 3.05) is 73.4 Å². The van der Waals surface area contributed by atoms with Crippen LogP contribution in [-0.4, -0.2) is 101 Å². The van der Waals surface area contributed by atoms with Crippen LogP contribution in [0.1, 0.15) is 18.4 Å². The quantitative estimate of drug-likeness (QED) is 0.539. The van der Waals surface area contributed by atoms with Crippen LogP contribution in [0.2, 0.25) is 0 Å². The van der Waals surface area contributed by atoms with Crippen LogP contribution in [0.3, 0.4) is 0 Å². The largest absolute Gasteiger partial charge is 0.493 e. The number of morpholine rings is 1. The number of carbonyl (C=O) groups is 2. The summed E-state index contributed by atoms with van der Waals surface area (Å²) in [5.74, 6) is 1.48. The Morgan fingerprint density at radius 2 is 1.94 bits per heavy atom. The summed E-state index contributed by atoms with van der Waals surface area (Å²) in [5, 5.41) is 3.16. The van der Waals surface area contributed by atoms with Crippen LogP contribution < -0.4 is 14.8 Å². The molecule has 1 aromatic carbocycles. The van der Waals surface area contributed by atoms with Gasteiger partial charge in [0.2, 0.25) is 11.8 Å². The van der Waals surface area contributed by atoms with Crippen molar-refractivity contribution in [2.45, 2.75) is 25.3 Å². The van der Waals surface area contributed by atoms with Crippen LogP contribution in [0.4, 0.5) is 0 Å². The molecule has 3 heterocycles. The minimum atomic E-state index is -0.303. The number of ether oxygens (including phenoxy) is 4. The van der Waals surface area contributed by atoms with Crippen LogP contribution in [-0.2, 0) is 25.5 Å². The van der Waals surface area contributed by atoms with E-state index in [1.54, 1.807) is 19.1 Å². The first kappa shape index (κ1) is 24.8. The molecule has 0 aliphatic carbocycles. The number of amides is 2. The van der Waals surface area contributed by atoms with Gasteiger partial charge in [0.1, 0.15) is 0 Å². The van der Waals surface area contributed by atoms with Gasteiger partial charge in [0.05, 0.1) is 40.0 Å². The molecule has 0 saturated carbocycles. The summed E-state index contributed by atoms with van der Waals surface area (Å²) in [6, 6.07) is 6.03. The molecule has 188 valence electrons. The summed E-state index contributed by atoms with van der Waals surface area (Å²) >= 11 is 0. The Morgan fingerprint density at radius 3 is 2.65 bits per heavy atom. The monoisotopic (exact) mass is 475 g/mol. The van der Waals surface area contributed by atoms with E-state index >= 15 is 0 Å². The number of nitrogens with one attached hydrogen (secondary N) is 1. The second kappa shape index (κ2) is 11.9. The first-order valence-corrected chi connectivity index (χ1v) is 12.2. The Labute approximate surface area is 201 Å². The number of carbonyl (C=O) groups excluding carboxylic acids is 2. The van der Waals surface area contributed by atoms with Gasteiger partial charge in [-0.3, -0.25) is 14.5 Å². The number of benzene rings is 1. The molecule has 34 heavy (non-hydrogen) atoms. The van der Waals surface area contributed by atoms with E-state index in [2.05, 4.69) is 10.2 Å². The normalized spacial score (nSPS) is 24.3. The molecule has 1 aromatic rings. The third kappa shape index (κ3) is 6.00. The van der Waals surface area contributed by atoms with E-state index < -0.39 is 0 Å². The maximum absolute atomic E-state index is 13.0. The van der Waals surface area contributed by atoms with Gasteiger partial charge in [-0.2, -0.15) is 0 Å². The Bertz CT molecular complexity index is 838. The van der Waals surface area contributed by atoms with Crippen molar-refractivity contribution in [3.8, 4) is 11.5 Å². The molecule has 0 radical (unpaired) electrons. The van der Waals surface area contributed by atoms with Gasteiger partial charge in [-0.1, -0.05) is 6.07 Å². The van der Waals surface area contributed by atoms with Gasteiger partial charge in [0.15, 0.2) is 11.5 Å². The molecule has 3 aliphatic rings. The molecule has 9 nitrogen and oxygen atoms in total. The van der Waals surface area contributed by atoms with Gasteiger partial charge >= 0.3 is 0 Å². The standard InChI is InChI=1S/C25H37N3O6/c1-31-22-4-3-18(13-23(22)32-2)5-7-28-16-20(14-24(28)29)25(30)26-15-21(19-6-10-34-17-19)27-8-11-33-12-9-27/h3-4,13,19-21H,5-12,14-17H2,1-2H3,(H,26,30). The summed E-state index contributed by atoms with van der Waals surface area (Å²) in [6.07, 6.45) is 1.98. The lowest BCUT2D eigenvalue weighted by Crippen LogP contribution is -2.53. The predicted octanol–water partition coefficient (Wildman–Crippen LogP) is 0.948. The lowest BCUT2D eigenvalue weighted by atomic mass is 9.96. The number of nitrogens with zero attached hydrogens (tertiary/aromatic N) is 2. The zero-order valence-corrected chi connectivity index (χ0v) is 20.3. The fourth-order valence-electron chi connectivity index (χ4n) is 5.17. The van der Waals surface area contributed by atoms with Crippen molar-refractivity contribution in [1.82, 2.24) is 15.1 Å². The zero-order valence-electron chi connectivity index (χ0n) is 20.3. The molecule has 3 aliphatic heterocycles.